The highest BCUT2D eigenvalue weighted by Crippen LogP contribution is 2.28. The minimum atomic E-state index is -0.0527. The van der Waals surface area contributed by atoms with Gasteiger partial charge >= 0.3 is 0 Å². The summed E-state index contributed by atoms with van der Waals surface area (Å²) in [5.74, 6) is -0.0527. The molecule has 0 spiro atoms. The first-order chi connectivity index (χ1) is 10.7. The Balaban J connectivity index is 1.86. The zero-order chi connectivity index (χ0) is 15.5. The van der Waals surface area contributed by atoms with Crippen molar-refractivity contribution in [3.8, 4) is 0 Å². The van der Waals surface area contributed by atoms with Gasteiger partial charge in [0, 0.05) is 33.9 Å². The summed E-state index contributed by atoms with van der Waals surface area (Å²) >= 11 is 12.2. The zero-order valence-corrected chi connectivity index (χ0v) is 13.4. The van der Waals surface area contributed by atoms with Crippen LogP contribution in [0.25, 0.3) is 6.08 Å². The van der Waals surface area contributed by atoms with Crippen LogP contribution in [-0.2, 0) is 11.2 Å². The second-order valence-corrected chi connectivity index (χ2v) is 6.01. The molecule has 112 valence electrons. The molecule has 0 fully saturated rings. The number of hydrogen-bond donors (Lipinski definition) is 0. The first-order valence-electron chi connectivity index (χ1n) is 7.18. The fourth-order valence-electron chi connectivity index (χ4n) is 2.68. The second-order valence-electron chi connectivity index (χ2n) is 5.19. The van der Waals surface area contributed by atoms with Gasteiger partial charge in [-0.25, -0.2) is 0 Å². The van der Waals surface area contributed by atoms with E-state index >= 15 is 0 Å². The Morgan fingerprint density at radius 1 is 1.05 bits per heavy atom. The number of aryl methyl sites for hydroxylation is 1. The molecule has 0 N–H and O–H groups in total. The van der Waals surface area contributed by atoms with Crippen LogP contribution in [0.1, 0.15) is 17.5 Å². The van der Waals surface area contributed by atoms with Crippen molar-refractivity contribution in [2.45, 2.75) is 12.8 Å². The van der Waals surface area contributed by atoms with Crippen LogP contribution in [0.2, 0.25) is 10.0 Å². The molecule has 0 radical (unpaired) electrons. The van der Waals surface area contributed by atoms with Gasteiger partial charge in [-0.3, -0.25) is 4.79 Å². The van der Waals surface area contributed by atoms with Crippen molar-refractivity contribution < 1.29 is 4.79 Å². The number of nitrogens with zero attached hydrogens (tertiary/aromatic N) is 1. The SMILES string of the molecule is O=C(C=Cc1c(Cl)cccc1Cl)N1CCCc2ccccc21. The van der Waals surface area contributed by atoms with Gasteiger partial charge in [0.05, 0.1) is 0 Å². The van der Waals surface area contributed by atoms with Crippen LogP contribution >= 0.6 is 23.2 Å². The van der Waals surface area contributed by atoms with Crippen molar-refractivity contribution in [1.82, 2.24) is 0 Å². The molecule has 0 saturated heterocycles. The third-order valence-corrected chi connectivity index (χ3v) is 4.43. The summed E-state index contributed by atoms with van der Waals surface area (Å²) in [5, 5.41) is 1.08. The highest BCUT2D eigenvalue weighted by Gasteiger charge is 2.20. The van der Waals surface area contributed by atoms with Crippen LogP contribution in [0.3, 0.4) is 0 Å². The Labute approximate surface area is 140 Å². The number of para-hydroxylation sites is 1. The third kappa shape index (κ3) is 3.03. The van der Waals surface area contributed by atoms with E-state index in [9.17, 15) is 4.79 Å². The molecule has 4 heteroatoms. The summed E-state index contributed by atoms with van der Waals surface area (Å²) < 4.78 is 0. The van der Waals surface area contributed by atoms with E-state index in [1.54, 1.807) is 29.2 Å². The maximum absolute atomic E-state index is 12.5. The minimum absolute atomic E-state index is 0.0527. The zero-order valence-electron chi connectivity index (χ0n) is 11.9. The standard InChI is InChI=1S/C18H15Cl2NO/c19-15-7-3-8-16(20)14(15)10-11-18(22)21-12-4-6-13-5-1-2-9-17(13)21/h1-3,5,7-11H,4,6,12H2. The maximum atomic E-state index is 12.5. The van der Waals surface area contributed by atoms with Gasteiger partial charge < -0.3 is 4.90 Å². The van der Waals surface area contributed by atoms with Crippen LogP contribution in [0.4, 0.5) is 5.69 Å². The first kappa shape index (κ1) is 15.1. The average Bonchev–Trinajstić information content (AvgIpc) is 2.53. The second kappa shape index (κ2) is 6.55. The Morgan fingerprint density at radius 2 is 1.77 bits per heavy atom. The van der Waals surface area contributed by atoms with E-state index in [-0.39, 0.29) is 5.91 Å². The molecule has 3 rings (SSSR count). The molecule has 0 unspecified atom stereocenters. The van der Waals surface area contributed by atoms with Gasteiger partial charge in [-0.15, -0.1) is 0 Å². The fourth-order valence-corrected chi connectivity index (χ4v) is 3.20. The number of carbonyl (C=O) groups is 1. The summed E-state index contributed by atoms with van der Waals surface area (Å²) in [7, 11) is 0. The van der Waals surface area contributed by atoms with Crippen LogP contribution in [0.15, 0.2) is 48.5 Å². The molecule has 1 amide bonds. The smallest absolute Gasteiger partial charge is 0.250 e. The number of fused-ring (bicyclic) bond motifs is 1. The monoisotopic (exact) mass is 331 g/mol. The highest BCUT2D eigenvalue weighted by molar-refractivity contribution is 6.37. The molecule has 22 heavy (non-hydrogen) atoms. The summed E-state index contributed by atoms with van der Waals surface area (Å²) in [6.07, 6.45) is 5.21. The fraction of sp³-hybridized carbons (Fsp3) is 0.167. The Morgan fingerprint density at radius 3 is 2.55 bits per heavy atom. The Hall–Kier alpha value is -1.77. The van der Waals surface area contributed by atoms with Gasteiger partial charge in [-0.05, 0) is 42.7 Å². The average molecular weight is 332 g/mol. The van der Waals surface area contributed by atoms with Crippen molar-refractivity contribution in [3.63, 3.8) is 0 Å². The molecule has 1 heterocycles. The maximum Gasteiger partial charge on any atom is 0.250 e. The number of anilines is 1. The van der Waals surface area contributed by atoms with E-state index in [0.717, 1.165) is 25.1 Å². The van der Waals surface area contributed by atoms with Crippen molar-refractivity contribution in [2.24, 2.45) is 0 Å². The van der Waals surface area contributed by atoms with Gasteiger partial charge in [-0.2, -0.15) is 0 Å². The van der Waals surface area contributed by atoms with Gasteiger partial charge in [0.15, 0.2) is 0 Å². The molecule has 1 aliphatic rings. The van der Waals surface area contributed by atoms with Crippen molar-refractivity contribution in [2.75, 3.05) is 11.4 Å². The minimum Gasteiger partial charge on any atom is -0.309 e. The van der Waals surface area contributed by atoms with Crippen molar-refractivity contribution >= 4 is 40.9 Å². The number of halogens is 2. The quantitative estimate of drug-likeness (QED) is 0.710. The molecule has 2 aromatic rings. The van der Waals surface area contributed by atoms with Crippen molar-refractivity contribution in [3.05, 3.63) is 69.7 Å². The molecule has 0 aromatic heterocycles. The van der Waals surface area contributed by atoms with Gasteiger partial charge in [0.1, 0.15) is 0 Å². The van der Waals surface area contributed by atoms with Crippen LogP contribution < -0.4 is 4.90 Å². The lowest BCUT2D eigenvalue weighted by molar-refractivity contribution is -0.114. The number of carbonyl (C=O) groups excluding carboxylic acids is 1. The van der Waals surface area contributed by atoms with Crippen molar-refractivity contribution in [1.29, 1.82) is 0 Å². The van der Waals surface area contributed by atoms with E-state index < -0.39 is 0 Å². The van der Waals surface area contributed by atoms with Gasteiger partial charge in [-0.1, -0.05) is 47.5 Å². The number of hydrogen-bond acceptors (Lipinski definition) is 1. The molecule has 2 nitrogen and oxygen atoms in total. The molecule has 2 aromatic carbocycles. The third-order valence-electron chi connectivity index (χ3n) is 3.77. The summed E-state index contributed by atoms with van der Waals surface area (Å²) in [4.78, 5) is 14.3. The molecule has 0 aliphatic carbocycles. The summed E-state index contributed by atoms with van der Waals surface area (Å²) in [6, 6.07) is 13.3. The van der Waals surface area contributed by atoms with E-state index in [2.05, 4.69) is 6.07 Å². The Bertz CT molecular complexity index is 719. The molecular weight excluding hydrogens is 317 g/mol. The lowest BCUT2D eigenvalue weighted by Crippen LogP contribution is -2.34. The van der Waals surface area contributed by atoms with Crippen LogP contribution in [0.5, 0.6) is 0 Å². The van der Waals surface area contributed by atoms with Crippen LogP contribution in [-0.4, -0.2) is 12.5 Å². The van der Waals surface area contributed by atoms with Gasteiger partial charge in [0.25, 0.3) is 5.91 Å². The predicted octanol–water partition coefficient (Wildman–Crippen LogP) is 4.99. The normalized spacial score (nSPS) is 14.2. The lowest BCUT2D eigenvalue weighted by Gasteiger charge is -2.28. The highest BCUT2D eigenvalue weighted by atomic mass is 35.5. The number of amides is 1. The van der Waals surface area contributed by atoms with Crippen LogP contribution in [0, 0.1) is 0 Å². The van der Waals surface area contributed by atoms with E-state index in [1.165, 1.54) is 11.6 Å². The largest absolute Gasteiger partial charge is 0.309 e. The molecule has 0 bridgehead atoms. The summed E-state index contributed by atoms with van der Waals surface area (Å²) in [5.41, 5.74) is 2.88. The number of rotatable bonds is 2. The Kier molecular flexibility index (Phi) is 4.51. The first-order valence-corrected chi connectivity index (χ1v) is 7.94. The molecule has 0 saturated carbocycles. The molecule has 0 atom stereocenters. The molecule has 1 aliphatic heterocycles. The molecular formula is C18H15Cl2NO. The topological polar surface area (TPSA) is 20.3 Å². The van der Waals surface area contributed by atoms with E-state index in [4.69, 9.17) is 23.2 Å². The predicted molar refractivity (Wildman–Crippen MR) is 92.6 cm³/mol. The van der Waals surface area contributed by atoms with E-state index in [0.29, 0.717) is 15.6 Å². The van der Waals surface area contributed by atoms with Gasteiger partial charge in [0.2, 0.25) is 0 Å². The van der Waals surface area contributed by atoms with E-state index in [1.807, 2.05) is 18.2 Å². The summed E-state index contributed by atoms with van der Waals surface area (Å²) in [6.45, 7) is 0.733. The lowest BCUT2D eigenvalue weighted by atomic mass is 10.0. The number of benzene rings is 2.